The number of nitrogens with zero attached hydrogens (tertiary/aromatic N) is 1. The lowest BCUT2D eigenvalue weighted by atomic mass is 10.1. The Labute approximate surface area is 193 Å². The lowest BCUT2D eigenvalue weighted by Gasteiger charge is -2.29. The SMILES string of the molecule is CCCNC(=O)[C@H](C)N(Cc1ccc(Cl)cc1Cl)C(=O)CSCc1cccc(C)c1. The van der Waals surface area contributed by atoms with Gasteiger partial charge in [-0.3, -0.25) is 9.59 Å². The fraction of sp³-hybridized carbons (Fsp3) is 0.391. The van der Waals surface area contributed by atoms with E-state index in [-0.39, 0.29) is 24.1 Å². The van der Waals surface area contributed by atoms with Crippen molar-refractivity contribution in [1.82, 2.24) is 10.2 Å². The first kappa shape index (κ1) is 24.6. The van der Waals surface area contributed by atoms with Crippen LogP contribution in [0.25, 0.3) is 0 Å². The fourth-order valence-corrected chi connectivity index (χ4v) is 4.28. The number of amides is 2. The van der Waals surface area contributed by atoms with Gasteiger partial charge in [-0.25, -0.2) is 0 Å². The molecule has 2 aromatic rings. The molecule has 1 N–H and O–H groups in total. The maximum atomic E-state index is 13.1. The summed E-state index contributed by atoms with van der Waals surface area (Å²) in [6.07, 6.45) is 0.835. The van der Waals surface area contributed by atoms with Crippen LogP contribution in [0.3, 0.4) is 0 Å². The van der Waals surface area contributed by atoms with Gasteiger partial charge in [0, 0.05) is 28.9 Å². The molecule has 0 saturated carbocycles. The number of thioether (sulfide) groups is 1. The number of nitrogens with one attached hydrogen (secondary N) is 1. The quantitative estimate of drug-likeness (QED) is 0.504. The van der Waals surface area contributed by atoms with Gasteiger partial charge in [-0.15, -0.1) is 11.8 Å². The Morgan fingerprint density at radius 3 is 2.60 bits per heavy atom. The summed E-state index contributed by atoms with van der Waals surface area (Å²) in [5.41, 5.74) is 3.13. The van der Waals surface area contributed by atoms with Crippen LogP contribution in [-0.2, 0) is 21.9 Å². The number of aryl methyl sites for hydroxylation is 1. The Balaban J connectivity index is 2.10. The molecule has 2 amide bonds. The number of rotatable bonds is 10. The Bertz CT molecular complexity index is 876. The minimum absolute atomic E-state index is 0.0992. The van der Waals surface area contributed by atoms with Crippen LogP contribution in [0.1, 0.15) is 37.0 Å². The zero-order valence-corrected chi connectivity index (χ0v) is 19.9. The molecule has 0 spiro atoms. The lowest BCUT2D eigenvalue weighted by molar-refractivity contribution is -0.138. The summed E-state index contributed by atoms with van der Waals surface area (Å²) in [5.74, 6) is 0.751. The van der Waals surface area contributed by atoms with Crippen LogP contribution in [0.4, 0.5) is 0 Å². The van der Waals surface area contributed by atoms with E-state index in [0.29, 0.717) is 16.6 Å². The molecule has 1 atom stereocenters. The van der Waals surface area contributed by atoms with Gasteiger partial charge in [-0.2, -0.15) is 0 Å². The highest BCUT2D eigenvalue weighted by molar-refractivity contribution is 7.99. The zero-order chi connectivity index (χ0) is 22.1. The zero-order valence-electron chi connectivity index (χ0n) is 17.6. The molecule has 0 aliphatic rings. The molecule has 0 saturated heterocycles. The van der Waals surface area contributed by atoms with E-state index >= 15 is 0 Å². The van der Waals surface area contributed by atoms with Crippen LogP contribution in [0.5, 0.6) is 0 Å². The highest BCUT2D eigenvalue weighted by atomic mass is 35.5. The summed E-state index contributed by atoms with van der Waals surface area (Å²) in [6, 6.07) is 12.8. The summed E-state index contributed by atoms with van der Waals surface area (Å²) < 4.78 is 0. The topological polar surface area (TPSA) is 49.4 Å². The van der Waals surface area contributed by atoms with Gasteiger partial charge in [0.1, 0.15) is 6.04 Å². The lowest BCUT2D eigenvalue weighted by Crippen LogP contribution is -2.48. The monoisotopic (exact) mass is 466 g/mol. The van der Waals surface area contributed by atoms with Gasteiger partial charge in [-0.1, -0.05) is 66.0 Å². The molecule has 0 bridgehead atoms. The molecule has 30 heavy (non-hydrogen) atoms. The second-order valence-electron chi connectivity index (χ2n) is 7.21. The van der Waals surface area contributed by atoms with Crippen LogP contribution in [0.2, 0.25) is 10.0 Å². The smallest absolute Gasteiger partial charge is 0.242 e. The van der Waals surface area contributed by atoms with Gasteiger partial charge in [0.25, 0.3) is 0 Å². The van der Waals surface area contributed by atoms with Crippen molar-refractivity contribution in [1.29, 1.82) is 0 Å². The predicted molar refractivity (Wildman–Crippen MR) is 127 cm³/mol. The van der Waals surface area contributed by atoms with Crippen LogP contribution in [0.15, 0.2) is 42.5 Å². The Hall–Kier alpha value is -1.69. The molecule has 162 valence electrons. The van der Waals surface area contributed by atoms with Crippen LogP contribution < -0.4 is 5.32 Å². The molecule has 0 aliphatic carbocycles. The van der Waals surface area contributed by atoms with Crippen molar-refractivity contribution in [2.75, 3.05) is 12.3 Å². The van der Waals surface area contributed by atoms with Gasteiger partial charge in [0.2, 0.25) is 11.8 Å². The van der Waals surface area contributed by atoms with Crippen LogP contribution in [0, 0.1) is 6.92 Å². The van der Waals surface area contributed by atoms with E-state index < -0.39 is 6.04 Å². The van der Waals surface area contributed by atoms with E-state index in [1.165, 1.54) is 22.9 Å². The van der Waals surface area contributed by atoms with Gasteiger partial charge in [0.05, 0.1) is 5.75 Å². The van der Waals surface area contributed by atoms with Crippen LogP contribution >= 0.6 is 35.0 Å². The molecular formula is C23H28Cl2N2O2S. The summed E-state index contributed by atoms with van der Waals surface area (Å²) in [7, 11) is 0. The van der Waals surface area contributed by atoms with Crippen molar-refractivity contribution >= 4 is 46.8 Å². The average molecular weight is 467 g/mol. The Morgan fingerprint density at radius 2 is 1.93 bits per heavy atom. The molecular weight excluding hydrogens is 439 g/mol. The van der Waals surface area contributed by atoms with Crippen molar-refractivity contribution < 1.29 is 9.59 Å². The van der Waals surface area contributed by atoms with E-state index in [2.05, 4.69) is 17.4 Å². The van der Waals surface area contributed by atoms with E-state index in [1.807, 2.05) is 26.0 Å². The molecule has 4 nitrogen and oxygen atoms in total. The summed E-state index contributed by atoms with van der Waals surface area (Å²) >= 11 is 13.8. The van der Waals surface area contributed by atoms with E-state index in [9.17, 15) is 9.59 Å². The average Bonchev–Trinajstić information content (AvgIpc) is 2.71. The van der Waals surface area contributed by atoms with E-state index in [4.69, 9.17) is 23.2 Å². The third-order valence-electron chi connectivity index (χ3n) is 4.65. The minimum Gasteiger partial charge on any atom is -0.354 e. The van der Waals surface area contributed by atoms with Crippen molar-refractivity contribution in [2.24, 2.45) is 0 Å². The van der Waals surface area contributed by atoms with Gasteiger partial charge >= 0.3 is 0 Å². The molecule has 0 unspecified atom stereocenters. The van der Waals surface area contributed by atoms with Crippen molar-refractivity contribution in [3.63, 3.8) is 0 Å². The third kappa shape index (κ3) is 7.53. The Morgan fingerprint density at radius 1 is 1.17 bits per heavy atom. The number of carbonyl (C=O) groups excluding carboxylic acids is 2. The minimum atomic E-state index is -0.602. The highest BCUT2D eigenvalue weighted by Gasteiger charge is 2.26. The van der Waals surface area contributed by atoms with Gasteiger partial charge < -0.3 is 10.2 Å². The maximum absolute atomic E-state index is 13.1. The summed E-state index contributed by atoms with van der Waals surface area (Å²) in [4.78, 5) is 27.2. The first-order valence-corrected chi connectivity index (χ1v) is 11.9. The van der Waals surface area contributed by atoms with E-state index in [0.717, 1.165) is 17.7 Å². The van der Waals surface area contributed by atoms with Crippen molar-refractivity contribution in [3.8, 4) is 0 Å². The number of benzene rings is 2. The summed E-state index contributed by atoms with van der Waals surface area (Å²) in [6.45, 7) is 6.62. The van der Waals surface area contributed by atoms with Gasteiger partial charge in [0.15, 0.2) is 0 Å². The van der Waals surface area contributed by atoms with Crippen LogP contribution in [-0.4, -0.2) is 35.1 Å². The predicted octanol–water partition coefficient (Wildman–Crippen LogP) is 5.48. The molecule has 0 aromatic heterocycles. The molecule has 0 fully saturated rings. The van der Waals surface area contributed by atoms with E-state index in [1.54, 1.807) is 30.0 Å². The fourth-order valence-electron chi connectivity index (χ4n) is 2.95. The molecule has 0 heterocycles. The molecule has 0 aliphatic heterocycles. The molecule has 7 heteroatoms. The summed E-state index contributed by atoms with van der Waals surface area (Å²) in [5, 5.41) is 3.88. The standard InChI is InChI=1S/C23H28Cl2N2O2S/c1-4-10-26-23(29)17(3)27(13-19-8-9-20(24)12-21(19)25)22(28)15-30-14-18-7-5-6-16(2)11-18/h5-9,11-12,17H,4,10,13-15H2,1-3H3,(H,26,29)/t17-/m0/s1. The second kappa shape index (κ2) is 12.2. The first-order chi connectivity index (χ1) is 14.3. The van der Waals surface area contributed by atoms with Crippen molar-refractivity contribution in [3.05, 3.63) is 69.2 Å². The maximum Gasteiger partial charge on any atom is 0.242 e. The first-order valence-electron chi connectivity index (χ1n) is 9.96. The number of carbonyl (C=O) groups is 2. The molecule has 2 aromatic carbocycles. The second-order valence-corrected chi connectivity index (χ2v) is 9.04. The number of hydrogen-bond acceptors (Lipinski definition) is 3. The van der Waals surface area contributed by atoms with Gasteiger partial charge in [-0.05, 0) is 43.5 Å². The van der Waals surface area contributed by atoms with Crippen molar-refractivity contribution in [2.45, 2.75) is 45.5 Å². The number of halogens is 2. The third-order valence-corrected chi connectivity index (χ3v) is 6.22. The molecule has 2 rings (SSSR count). The molecule has 0 radical (unpaired) electrons. The normalized spacial score (nSPS) is 11.8. The Kier molecular flexibility index (Phi) is 10.0. The largest absolute Gasteiger partial charge is 0.354 e. The highest BCUT2D eigenvalue weighted by Crippen LogP contribution is 2.24. The number of hydrogen-bond donors (Lipinski definition) is 1.